The minimum absolute atomic E-state index is 0.500. The third kappa shape index (κ3) is 2.84. The number of halogens is 1. The van der Waals surface area contributed by atoms with Crippen LogP contribution < -0.4 is 5.73 Å². The molecule has 0 spiro atoms. The van der Waals surface area contributed by atoms with Crippen molar-refractivity contribution in [3.8, 4) is 0 Å². The first-order valence-electron chi connectivity index (χ1n) is 5.32. The van der Waals surface area contributed by atoms with Gasteiger partial charge in [0.15, 0.2) is 5.82 Å². The van der Waals surface area contributed by atoms with E-state index >= 15 is 0 Å². The smallest absolute Gasteiger partial charge is 0.231 e. The fourth-order valence-corrected chi connectivity index (χ4v) is 1.60. The number of benzene rings is 1. The Morgan fingerprint density at radius 3 is 2.65 bits per heavy atom. The van der Waals surface area contributed by atoms with Crippen molar-refractivity contribution in [3.05, 3.63) is 46.6 Å². The second-order valence-electron chi connectivity index (χ2n) is 4.50. The van der Waals surface area contributed by atoms with Gasteiger partial charge in [0, 0.05) is 5.02 Å². The van der Waals surface area contributed by atoms with Gasteiger partial charge in [-0.1, -0.05) is 35.0 Å². The second kappa shape index (κ2) is 4.47. The third-order valence-corrected chi connectivity index (χ3v) is 2.71. The first-order valence-corrected chi connectivity index (χ1v) is 5.70. The Morgan fingerprint density at radius 2 is 2.06 bits per heavy atom. The quantitative estimate of drug-likeness (QED) is 0.910. The Balaban J connectivity index is 2.21. The van der Waals surface area contributed by atoms with Crippen LogP contribution in [0.1, 0.15) is 31.1 Å². The van der Waals surface area contributed by atoms with E-state index in [0.29, 0.717) is 23.2 Å². The van der Waals surface area contributed by atoms with Crippen LogP contribution in [0.2, 0.25) is 5.02 Å². The van der Waals surface area contributed by atoms with Gasteiger partial charge in [0.25, 0.3) is 0 Å². The van der Waals surface area contributed by atoms with E-state index in [1.54, 1.807) is 0 Å². The van der Waals surface area contributed by atoms with E-state index in [9.17, 15) is 0 Å². The second-order valence-corrected chi connectivity index (χ2v) is 4.91. The lowest BCUT2D eigenvalue weighted by Gasteiger charge is -2.11. The summed E-state index contributed by atoms with van der Waals surface area (Å²) in [7, 11) is 0. The van der Waals surface area contributed by atoms with E-state index in [-0.39, 0.29) is 0 Å². The minimum Gasteiger partial charge on any atom is -0.339 e. The van der Waals surface area contributed by atoms with Crippen LogP contribution in [0.15, 0.2) is 28.8 Å². The molecule has 17 heavy (non-hydrogen) atoms. The van der Waals surface area contributed by atoms with Crippen molar-refractivity contribution in [1.29, 1.82) is 0 Å². The van der Waals surface area contributed by atoms with E-state index in [2.05, 4.69) is 10.1 Å². The molecule has 0 aliphatic carbocycles. The van der Waals surface area contributed by atoms with Gasteiger partial charge in [-0.25, -0.2) is 0 Å². The Hall–Kier alpha value is -1.39. The molecule has 0 radical (unpaired) electrons. The van der Waals surface area contributed by atoms with E-state index in [0.717, 1.165) is 5.56 Å². The van der Waals surface area contributed by atoms with Gasteiger partial charge in [-0.15, -0.1) is 0 Å². The van der Waals surface area contributed by atoms with Crippen LogP contribution in [0.3, 0.4) is 0 Å². The van der Waals surface area contributed by atoms with Gasteiger partial charge < -0.3 is 10.3 Å². The van der Waals surface area contributed by atoms with Crippen molar-refractivity contribution in [3.63, 3.8) is 0 Å². The van der Waals surface area contributed by atoms with E-state index in [1.165, 1.54) is 0 Å². The largest absolute Gasteiger partial charge is 0.339 e. The highest BCUT2D eigenvalue weighted by atomic mass is 35.5. The molecule has 1 heterocycles. The fourth-order valence-electron chi connectivity index (χ4n) is 1.39. The highest BCUT2D eigenvalue weighted by Gasteiger charge is 2.21. The first kappa shape index (κ1) is 12.1. The predicted molar refractivity (Wildman–Crippen MR) is 65.8 cm³/mol. The van der Waals surface area contributed by atoms with Crippen molar-refractivity contribution < 1.29 is 4.52 Å². The Labute approximate surface area is 105 Å². The molecule has 4 nitrogen and oxygen atoms in total. The van der Waals surface area contributed by atoms with Gasteiger partial charge in [0.2, 0.25) is 5.89 Å². The number of hydrogen-bond acceptors (Lipinski definition) is 4. The van der Waals surface area contributed by atoms with Gasteiger partial charge in [-0.05, 0) is 25.5 Å². The molecule has 0 unspecified atom stereocenters. The molecule has 0 amide bonds. The highest BCUT2D eigenvalue weighted by Crippen LogP contribution is 2.19. The Morgan fingerprint density at radius 1 is 1.35 bits per heavy atom. The Kier molecular flexibility index (Phi) is 3.17. The molecule has 90 valence electrons. The lowest BCUT2D eigenvalue weighted by Crippen LogP contribution is -2.30. The van der Waals surface area contributed by atoms with Crippen LogP contribution in [0.25, 0.3) is 0 Å². The zero-order valence-electron chi connectivity index (χ0n) is 9.77. The van der Waals surface area contributed by atoms with Crippen LogP contribution >= 0.6 is 11.6 Å². The van der Waals surface area contributed by atoms with E-state index < -0.39 is 5.54 Å². The van der Waals surface area contributed by atoms with Crippen molar-refractivity contribution in [2.75, 3.05) is 0 Å². The number of rotatable bonds is 3. The molecule has 2 rings (SSSR count). The van der Waals surface area contributed by atoms with Crippen LogP contribution in [0, 0.1) is 0 Å². The zero-order chi connectivity index (χ0) is 12.5. The highest BCUT2D eigenvalue weighted by molar-refractivity contribution is 6.31. The van der Waals surface area contributed by atoms with Gasteiger partial charge in [-0.2, -0.15) is 4.98 Å². The molecule has 0 saturated heterocycles. The topological polar surface area (TPSA) is 64.9 Å². The summed E-state index contributed by atoms with van der Waals surface area (Å²) in [6, 6.07) is 7.57. The standard InChI is InChI=1S/C12H14ClN3O/c1-12(2,14)11-15-10(17-16-11)7-8-5-3-4-6-9(8)13/h3-6H,7,14H2,1-2H3. The molecule has 2 N–H and O–H groups in total. The minimum atomic E-state index is -0.595. The average Bonchev–Trinajstić information content (AvgIpc) is 2.69. The van der Waals surface area contributed by atoms with Crippen molar-refractivity contribution in [1.82, 2.24) is 10.1 Å². The van der Waals surface area contributed by atoms with Crippen LogP contribution in [-0.2, 0) is 12.0 Å². The lowest BCUT2D eigenvalue weighted by molar-refractivity contribution is 0.365. The molecule has 0 atom stereocenters. The Bertz CT molecular complexity index is 516. The number of aromatic nitrogens is 2. The normalized spacial score (nSPS) is 11.8. The predicted octanol–water partition coefficient (Wildman–Crippen LogP) is 2.51. The number of hydrogen-bond donors (Lipinski definition) is 1. The van der Waals surface area contributed by atoms with Crippen molar-refractivity contribution >= 4 is 11.6 Å². The maximum absolute atomic E-state index is 6.06. The molecular weight excluding hydrogens is 238 g/mol. The molecule has 5 heteroatoms. The summed E-state index contributed by atoms with van der Waals surface area (Å²) < 4.78 is 5.15. The molecule has 0 aliphatic rings. The molecule has 0 fully saturated rings. The molecule has 0 bridgehead atoms. The molecule has 2 aromatic rings. The third-order valence-electron chi connectivity index (χ3n) is 2.34. The van der Waals surface area contributed by atoms with Crippen molar-refractivity contribution in [2.45, 2.75) is 25.8 Å². The van der Waals surface area contributed by atoms with E-state index in [4.69, 9.17) is 21.9 Å². The van der Waals surface area contributed by atoms with Crippen LogP contribution in [-0.4, -0.2) is 10.1 Å². The molecule has 1 aromatic carbocycles. The van der Waals surface area contributed by atoms with Crippen molar-refractivity contribution in [2.24, 2.45) is 5.73 Å². The molecule has 0 saturated carbocycles. The van der Waals surface area contributed by atoms with Crippen LogP contribution in [0.5, 0.6) is 0 Å². The molecule has 1 aromatic heterocycles. The monoisotopic (exact) mass is 251 g/mol. The molecule has 0 aliphatic heterocycles. The SMILES string of the molecule is CC(C)(N)c1noc(Cc2ccccc2Cl)n1. The van der Waals surface area contributed by atoms with Crippen LogP contribution in [0.4, 0.5) is 0 Å². The van der Waals surface area contributed by atoms with E-state index in [1.807, 2.05) is 38.1 Å². The molecular formula is C12H14ClN3O. The summed E-state index contributed by atoms with van der Waals surface area (Å²) in [5.41, 5.74) is 6.24. The summed E-state index contributed by atoms with van der Waals surface area (Å²) in [6.07, 6.45) is 0.517. The maximum atomic E-state index is 6.06. The summed E-state index contributed by atoms with van der Waals surface area (Å²) in [5, 5.41) is 4.55. The number of nitrogens with two attached hydrogens (primary N) is 1. The first-order chi connectivity index (χ1) is 7.97. The average molecular weight is 252 g/mol. The zero-order valence-corrected chi connectivity index (χ0v) is 10.5. The summed E-state index contributed by atoms with van der Waals surface area (Å²) in [6.45, 7) is 3.66. The summed E-state index contributed by atoms with van der Waals surface area (Å²) in [5.74, 6) is 1.02. The van der Waals surface area contributed by atoms with Gasteiger partial charge in [0.1, 0.15) is 0 Å². The maximum Gasteiger partial charge on any atom is 0.231 e. The van der Waals surface area contributed by atoms with Gasteiger partial charge in [0.05, 0.1) is 12.0 Å². The van der Waals surface area contributed by atoms with Gasteiger partial charge in [-0.3, -0.25) is 0 Å². The van der Waals surface area contributed by atoms with Gasteiger partial charge >= 0.3 is 0 Å². The lowest BCUT2D eigenvalue weighted by atomic mass is 10.1. The fraction of sp³-hybridized carbons (Fsp3) is 0.333. The summed E-state index contributed by atoms with van der Waals surface area (Å²) in [4.78, 5) is 4.26. The summed E-state index contributed by atoms with van der Waals surface area (Å²) >= 11 is 6.06. The number of nitrogens with zero attached hydrogens (tertiary/aromatic N) is 2.